The molecule has 0 radical (unpaired) electrons. The number of benzene rings is 1. The molecule has 3 heterocycles. The van der Waals surface area contributed by atoms with Gasteiger partial charge in [0.15, 0.2) is 0 Å². The van der Waals surface area contributed by atoms with E-state index in [1.165, 1.54) is 0 Å². The molecule has 4 rings (SSSR count). The number of amides is 1. The number of fused-ring (bicyclic) bond motifs is 7. The van der Waals surface area contributed by atoms with Crippen LogP contribution in [0.4, 0.5) is 17.3 Å². The van der Waals surface area contributed by atoms with Gasteiger partial charge in [-0.2, -0.15) is 0 Å². The van der Waals surface area contributed by atoms with Gasteiger partial charge < -0.3 is 16.0 Å². The number of hydrogen-bond acceptors (Lipinski definition) is 5. The van der Waals surface area contributed by atoms with Crippen LogP contribution in [0.5, 0.6) is 0 Å². The monoisotopic (exact) mass is 359 g/mol. The summed E-state index contributed by atoms with van der Waals surface area (Å²) in [7, 11) is 0. The predicted octanol–water partition coefficient (Wildman–Crippen LogP) is 3.82. The van der Waals surface area contributed by atoms with Gasteiger partial charge in [0.05, 0.1) is 0 Å². The molecule has 0 spiro atoms. The van der Waals surface area contributed by atoms with Crippen LogP contribution >= 0.6 is 0 Å². The van der Waals surface area contributed by atoms with E-state index in [0.717, 1.165) is 47.8 Å². The van der Waals surface area contributed by atoms with Gasteiger partial charge in [-0.25, -0.2) is 9.97 Å². The minimum atomic E-state index is -0.0639. The van der Waals surface area contributed by atoms with E-state index < -0.39 is 0 Å². The molecule has 3 aromatic rings. The summed E-state index contributed by atoms with van der Waals surface area (Å²) in [4.78, 5) is 21.1. The Morgan fingerprint density at radius 2 is 1.44 bits per heavy atom. The molecule has 27 heavy (non-hydrogen) atoms. The lowest BCUT2D eigenvalue weighted by atomic mass is 10.1. The van der Waals surface area contributed by atoms with Gasteiger partial charge in [-0.15, -0.1) is 0 Å². The van der Waals surface area contributed by atoms with Crippen LogP contribution in [0.15, 0.2) is 60.9 Å². The van der Waals surface area contributed by atoms with Crippen molar-refractivity contribution < 1.29 is 4.79 Å². The molecule has 0 aliphatic carbocycles. The lowest BCUT2D eigenvalue weighted by Gasteiger charge is -2.10. The Morgan fingerprint density at radius 3 is 2.26 bits per heavy atom. The van der Waals surface area contributed by atoms with Crippen molar-refractivity contribution >= 4 is 23.2 Å². The normalized spacial score (nSPS) is 14.3. The Bertz CT molecular complexity index is 957. The van der Waals surface area contributed by atoms with Crippen molar-refractivity contribution in [3.63, 3.8) is 0 Å². The largest absolute Gasteiger partial charge is 0.370 e. The molecule has 0 saturated carbocycles. The van der Waals surface area contributed by atoms with Crippen molar-refractivity contribution in [1.82, 2.24) is 15.3 Å². The maximum atomic E-state index is 12.3. The highest BCUT2D eigenvalue weighted by molar-refractivity contribution is 5.95. The number of nitrogens with zero attached hydrogens (tertiary/aromatic N) is 2. The second kappa shape index (κ2) is 7.86. The highest BCUT2D eigenvalue weighted by Gasteiger charge is 2.08. The van der Waals surface area contributed by atoms with Crippen LogP contribution in [0, 0.1) is 0 Å². The fourth-order valence-electron chi connectivity index (χ4n) is 3.04. The van der Waals surface area contributed by atoms with E-state index in [-0.39, 0.29) is 5.91 Å². The molecule has 6 bridgehead atoms. The molecule has 0 unspecified atom stereocenters. The van der Waals surface area contributed by atoms with E-state index in [9.17, 15) is 4.79 Å². The standard InChI is InChI=1S/C21H21N5O/c27-21-17-4-3-5-18(12-17)26-20-14-16(7-11-24-20)15-6-10-23-19(13-15)22-8-1-2-9-25-21/h3-7,10-14H,1-2,8-9H2,(H,22,23)(H,24,26)(H,25,27). The molecule has 1 aliphatic heterocycles. The van der Waals surface area contributed by atoms with Crippen LogP contribution in [-0.4, -0.2) is 29.0 Å². The molecule has 0 atom stereocenters. The van der Waals surface area contributed by atoms with Crippen molar-refractivity contribution in [3.05, 3.63) is 66.5 Å². The summed E-state index contributed by atoms with van der Waals surface area (Å²) in [5, 5.41) is 9.60. The zero-order chi connectivity index (χ0) is 18.5. The summed E-state index contributed by atoms with van der Waals surface area (Å²) >= 11 is 0. The zero-order valence-electron chi connectivity index (χ0n) is 14.9. The average Bonchev–Trinajstić information content (AvgIpc) is 2.70. The lowest BCUT2D eigenvalue weighted by molar-refractivity contribution is 0.0953. The van der Waals surface area contributed by atoms with Gasteiger partial charge in [0.1, 0.15) is 11.6 Å². The summed E-state index contributed by atoms with van der Waals surface area (Å²) < 4.78 is 0. The van der Waals surface area contributed by atoms with Crippen LogP contribution in [0.25, 0.3) is 11.1 Å². The number of anilines is 3. The highest BCUT2D eigenvalue weighted by Crippen LogP contribution is 2.25. The summed E-state index contributed by atoms with van der Waals surface area (Å²) in [5.41, 5.74) is 3.59. The van der Waals surface area contributed by atoms with Gasteiger partial charge in [-0.1, -0.05) is 6.07 Å². The third-order valence-electron chi connectivity index (χ3n) is 4.45. The summed E-state index contributed by atoms with van der Waals surface area (Å²) in [5.74, 6) is 1.51. The van der Waals surface area contributed by atoms with Gasteiger partial charge in [-0.05, 0) is 66.4 Å². The van der Waals surface area contributed by atoms with Crippen molar-refractivity contribution in [3.8, 4) is 11.1 Å². The molecule has 0 saturated heterocycles. The Hall–Kier alpha value is -3.41. The molecule has 0 fully saturated rings. The summed E-state index contributed by atoms with van der Waals surface area (Å²) in [6, 6.07) is 15.4. The minimum Gasteiger partial charge on any atom is -0.370 e. The van der Waals surface area contributed by atoms with E-state index in [2.05, 4.69) is 25.9 Å². The predicted molar refractivity (Wildman–Crippen MR) is 107 cm³/mol. The van der Waals surface area contributed by atoms with E-state index in [0.29, 0.717) is 12.1 Å². The lowest BCUT2D eigenvalue weighted by Crippen LogP contribution is -2.24. The van der Waals surface area contributed by atoms with Crippen LogP contribution in [0.2, 0.25) is 0 Å². The zero-order valence-corrected chi connectivity index (χ0v) is 14.9. The highest BCUT2D eigenvalue weighted by atomic mass is 16.1. The fraction of sp³-hybridized carbons (Fsp3) is 0.190. The van der Waals surface area contributed by atoms with Crippen molar-refractivity contribution in [2.45, 2.75) is 12.8 Å². The van der Waals surface area contributed by atoms with Crippen LogP contribution < -0.4 is 16.0 Å². The molecule has 2 aromatic heterocycles. The summed E-state index contributed by atoms with van der Waals surface area (Å²) in [6.07, 6.45) is 5.44. The first-order valence-electron chi connectivity index (χ1n) is 9.09. The molecular formula is C21H21N5O. The third-order valence-corrected chi connectivity index (χ3v) is 4.45. The Labute approximate surface area is 158 Å². The molecule has 3 N–H and O–H groups in total. The molecule has 1 aliphatic rings. The van der Waals surface area contributed by atoms with Crippen molar-refractivity contribution in [1.29, 1.82) is 0 Å². The Balaban J connectivity index is 1.69. The maximum absolute atomic E-state index is 12.3. The first-order chi connectivity index (χ1) is 13.3. The smallest absolute Gasteiger partial charge is 0.251 e. The molecule has 6 nitrogen and oxygen atoms in total. The van der Waals surface area contributed by atoms with Crippen LogP contribution in [0.1, 0.15) is 23.2 Å². The van der Waals surface area contributed by atoms with E-state index in [1.54, 1.807) is 6.20 Å². The van der Waals surface area contributed by atoms with Crippen molar-refractivity contribution in [2.75, 3.05) is 23.7 Å². The molecule has 1 amide bonds. The van der Waals surface area contributed by atoms with Gasteiger partial charge in [0.2, 0.25) is 0 Å². The SMILES string of the molecule is O=C1NCCCCNc2cc(ccn2)-c2ccnc(c2)Nc2cccc1c2. The number of carbonyl (C=O) groups excluding carboxylic acids is 1. The molecule has 136 valence electrons. The van der Waals surface area contributed by atoms with Gasteiger partial charge >= 0.3 is 0 Å². The second-order valence-electron chi connectivity index (χ2n) is 6.46. The summed E-state index contributed by atoms with van der Waals surface area (Å²) in [6.45, 7) is 1.46. The first-order valence-corrected chi connectivity index (χ1v) is 9.09. The third kappa shape index (κ3) is 4.23. The molecular weight excluding hydrogens is 338 g/mol. The van der Waals surface area contributed by atoms with Crippen LogP contribution in [-0.2, 0) is 0 Å². The second-order valence-corrected chi connectivity index (χ2v) is 6.46. The number of pyridine rings is 2. The van der Waals surface area contributed by atoms with E-state index in [1.807, 2.05) is 54.7 Å². The van der Waals surface area contributed by atoms with E-state index in [4.69, 9.17) is 0 Å². The maximum Gasteiger partial charge on any atom is 0.251 e. The molecule has 6 heteroatoms. The van der Waals surface area contributed by atoms with Gasteiger partial charge in [-0.3, -0.25) is 4.79 Å². The van der Waals surface area contributed by atoms with Crippen molar-refractivity contribution in [2.24, 2.45) is 0 Å². The Kier molecular flexibility index (Phi) is 4.96. The quantitative estimate of drug-likeness (QED) is 0.569. The van der Waals surface area contributed by atoms with Crippen LogP contribution in [0.3, 0.4) is 0 Å². The van der Waals surface area contributed by atoms with Gasteiger partial charge in [0.25, 0.3) is 5.91 Å². The number of carbonyl (C=O) groups is 1. The topological polar surface area (TPSA) is 78.9 Å². The Morgan fingerprint density at radius 1 is 0.741 bits per heavy atom. The number of rotatable bonds is 0. The fourth-order valence-corrected chi connectivity index (χ4v) is 3.04. The minimum absolute atomic E-state index is 0.0639. The molecule has 1 aromatic carbocycles. The number of aromatic nitrogens is 2. The number of nitrogens with one attached hydrogen (secondary N) is 3. The number of hydrogen-bond donors (Lipinski definition) is 3. The average molecular weight is 359 g/mol. The van der Waals surface area contributed by atoms with E-state index >= 15 is 0 Å². The van der Waals surface area contributed by atoms with Gasteiger partial charge in [0, 0.05) is 36.7 Å². The first kappa shape index (κ1) is 17.0.